The van der Waals surface area contributed by atoms with E-state index in [1.54, 1.807) is 29.2 Å². The van der Waals surface area contributed by atoms with Crippen LogP contribution in [0.1, 0.15) is 35.0 Å². The normalized spacial score (nSPS) is 17.1. The minimum absolute atomic E-state index is 0.00521. The fourth-order valence-corrected chi connectivity index (χ4v) is 3.72. The quantitative estimate of drug-likeness (QED) is 0.614. The van der Waals surface area contributed by atoms with Crippen LogP contribution >= 0.6 is 23.2 Å². The first-order valence-electron chi connectivity index (χ1n) is 8.75. The molecule has 0 aliphatic carbocycles. The second-order valence-corrected chi connectivity index (χ2v) is 7.38. The standard InChI is InChI=1S/C20H17Cl2N3O2/c21-15-7-3-5-13(11-15)18-23-19(27-24-18)14-6-4-10-25(12-14)20(26)16-8-1-2-9-17(16)22/h1-3,5,7-9,11,14H,4,6,10,12H2. The summed E-state index contributed by atoms with van der Waals surface area (Å²) in [4.78, 5) is 19.2. The summed E-state index contributed by atoms with van der Waals surface area (Å²) in [6.45, 7) is 1.22. The highest BCUT2D eigenvalue weighted by atomic mass is 35.5. The van der Waals surface area contributed by atoms with E-state index in [0.29, 0.717) is 40.4 Å². The third kappa shape index (κ3) is 3.84. The van der Waals surface area contributed by atoms with E-state index in [2.05, 4.69) is 10.1 Å². The molecule has 5 nitrogen and oxygen atoms in total. The summed E-state index contributed by atoms with van der Waals surface area (Å²) in [5, 5.41) is 5.16. The molecular formula is C20H17Cl2N3O2. The molecule has 1 fully saturated rings. The van der Waals surface area contributed by atoms with E-state index in [1.807, 2.05) is 24.3 Å². The van der Waals surface area contributed by atoms with Crippen molar-refractivity contribution in [3.05, 3.63) is 70.0 Å². The first kappa shape index (κ1) is 18.0. The van der Waals surface area contributed by atoms with Gasteiger partial charge < -0.3 is 9.42 Å². The Morgan fingerprint density at radius 2 is 2.00 bits per heavy atom. The summed E-state index contributed by atoms with van der Waals surface area (Å²) in [6, 6.07) is 14.4. The first-order valence-corrected chi connectivity index (χ1v) is 9.51. The molecule has 3 aromatic rings. The van der Waals surface area contributed by atoms with Crippen LogP contribution in [-0.2, 0) is 0 Å². The van der Waals surface area contributed by atoms with E-state index in [1.165, 1.54) is 0 Å². The van der Waals surface area contributed by atoms with Gasteiger partial charge in [0, 0.05) is 23.7 Å². The van der Waals surface area contributed by atoms with Crippen LogP contribution in [0, 0.1) is 0 Å². The first-order chi connectivity index (χ1) is 13.1. The monoisotopic (exact) mass is 401 g/mol. The summed E-state index contributed by atoms with van der Waals surface area (Å²) in [7, 11) is 0. The molecule has 7 heteroatoms. The minimum atomic E-state index is -0.0696. The number of amides is 1. The van der Waals surface area contributed by atoms with Gasteiger partial charge in [-0.2, -0.15) is 4.98 Å². The number of carbonyl (C=O) groups excluding carboxylic acids is 1. The Morgan fingerprint density at radius 1 is 1.15 bits per heavy atom. The van der Waals surface area contributed by atoms with Crippen molar-refractivity contribution in [2.45, 2.75) is 18.8 Å². The zero-order valence-corrected chi connectivity index (χ0v) is 16.0. The van der Waals surface area contributed by atoms with Crippen LogP contribution in [0.15, 0.2) is 53.1 Å². The second-order valence-electron chi connectivity index (χ2n) is 6.54. The van der Waals surface area contributed by atoms with Crippen LogP contribution in [0.3, 0.4) is 0 Å². The lowest BCUT2D eigenvalue weighted by Gasteiger charge is -2.31. The van der Waals surface area contributed by atoms with Gasteiger partial charge in [0.15, 0.2) is 0 Å². The number of likely N-dealkylation sites (tertiary alicyclic amines) is 1. The molecule has 1 aromatic heterocycles. The summed E-state index contributed by atoms with van der Waals surface area (Å²) >= 11 is 12.2. The topological polar surface area (TPSA) is 59.2 Å². The van der Waals surface area contributed by atoms with Gasteiger partial charge in [-0.25, -0.2) is 0 Å². The predicted octanol–water partition coefficient (Wildman–Crippen LogP) is 5.06. The fourth-order valence-electron chi connectivity index (χ4n) is 3.31. The zero-order chi connectivity index (χ0) is 18.8. The molecule has 2 aromatic carbocycles. The van der Waals surface area contributed by atoms with Crippen LogP contribution in [0.4, 0.5) is 0 Å². The van der Waals surface area contributed by atoms with Gasteiger partial charge in [0.05, 0.1) is 16.5 Å². The highest BCUT2D eigenvalue weighted by Crippen LogP contribution is 2.29. The summed E-state index contributed by atoms with van der Waals surface area (Å²) in [6.07, 6.45) is 1.76. The Labute approximate surface area is 166 Å². The number of rotatable bonds is 3. The molecule has 0 bridgehead atoms. The lowest BCUT2D eigenvalue weighted by atomic mass is 9.97. The van der Waals surface area contributed by atoms with E-state index >= 15 is 0 Å². The third-order valence-corrected chi connectivity index (χ3v) is 5.25. The average molecular weight is 402 g/mol. The van der Waals surface area contributed by atoms with Gasteiger partial charge in [-0.15, -0.1) is 0 Å². The minimum Gasteiger partial charge on any atom is -0.339 e. The van der Waals surface area contributed by atoms with Crippen molar-refractivity contribution >= 4 is 29.1 Å². The van der Waals surface area contributed by atoms with Gasteiger partial charge in [0.1, 0.15) is 0 Å². The van der Waals surface area contributed by atoms with Gasteiger partial charge in [-0.3, -0.25) is 4.79 Å². The van der Waals surface area contributed by atoms with Crippen molar-refractivity contribution in [2.75, 3.05) is 13.1 Å². The van der Waals surface area contributed by atoms with Crippen LogP contribution in [-0.4, -0.2) is 34.0 Å². The molecule has 4 rings (SSSR count). The molecule has 1 saturated heterocycles. The number of nitrogens with zero attached hydrogens (tertiary/aromatic N) is 3. The third-order valence-electron chi connectivity index (χ3n) is 4.69. The molecule has 27 heavy (non-hydrogen) atoms. The molecule has 1 aliphatic rings. The number of benzene rings is 2. The van der Waals surface area contributed by atoms with Gasteiger partial charge >= 0.3 is 0 Å². The van der Waals surface area contributed by atoms with Gasteiger partial charge in [0.25, 0.3) is 5.91 Å². The number of carbonyl (C=O) groups is 1. The molecular weight excluding hydrogens is 385 g/mol. The van der Waals surface area contributed by atoms with Crippen molar-refractivity contribution in [1.82, 2.24) is 15.0 Å². The maximum absolute atomic E-state index is 12.8. The Bertz CT molecular complexity index is 973. The van der Waals surface area contributed by atoms with E-state index < -0.39 is 0 Å². The van der Waals surface area contributed by atoms with Crippen LogP contribution < -0.4 is 0 Å². The van der Waals surface area contributed by atoms with Crippen LogP contribution in [0.25, 0.3) is 11.4 Å². The largest absolute Gasteiger partial charge is 0.339 e. The lowest BCUT2D eigenvalue weighted by molar-refractivity contribution is 0.0696. The molecule has 0 N–H and O–H groups in total. The highest BCUT2D eigenvalue weighted by molar-refractivity contribution is 6.33. The van der Waals surface area contributed by atoms with Crippen molar-refractivity contribution in [3.8, 4) is 11.4 Å². The van der Waals surface area contributed by atoms with Gasteiger partial charge in [0.2, 0.25) is 11.7 Å². The Kier molecular flexibility index (Phi) is 5.14. The molecule has 0 saturated carbocycles. The van der Waals surface area contributed by atoms with E-state index in [4.69, 9.17) is 27.7 Å². The molecule has 2 heterocycles. The Hall–Kier alpha value is -2.37. The molecule has 0 spiro atoms. The second kappa shape index (κ2) is 7.71. The van der Waals surface area contributed by atoms with Gasteiger partial charge in [-0.1, -0.05) is 52.6 Å². The average Bonchev–Trinajstić information content (AvgIpc) is 3.18. The van der Waals surface area contributed by atoms with Crippen LogP contribution in [0.5, 0.6) is 0 Å². The van der Waals surface area contributed by atoms with Crippen molar-refractivity contribution in [2.24, 2.45) is 0 Å². The maximum Gasteiger partial charge on any atom is 0.255 e. The number of piperidine rings is 1. The van der Waals surface area contributed by atoms with Crippen LogP contribution in [0.2, 0.25) is 10.0 Å². The molecule has 1 unspecified atom stereocenters. The highest BCUT2D eigenvalue weighted by Gasteiger charge is 2.29. The van der Waals surface area contributed by atoms with Crippen molar-refractivity contribution < 1.29 is 9.32 Å². The smallest absolute Gasteiger partial charge is 0.255 e. The number of hydrogen-bond donors (Lipinski definition) is 0. The summed E-state index contributed by atoms with van der Waals surface area (Å²) in [5.41, 5.74) is 1.32. The van der Waals surface area contributed by atoms with Crippen molar-refractivity contribution in [3.63, 3.8) is 0 Å². The van der Waals surface area contributed by atoms with E-state index in [-0.39, 0.29) is 11.8 Å². The Balaban J connectivity index is 1.52. The van der Waals surface area contributed by atoms with E-state index in [0.717, 1.165) is 18.4 Å². The summed E-state index contributed by atoms with van der Waals surface area (Å²) in [5.74, 6) is 0.981. The molecule has 1 amide bonds. The van der Waals surface area contributed by atoms with Gasteiger partial charge in [-0.05, 0) is 37.1 Å². The SMILES string of the molecule is O=C(c1ccccc1Cl)N1CCCC(c2nc(-c3cccc(Cl)c3)no2)C1. The Morgan fingerprint density at radius 3 is 2.81 bits per heavy atom. The molecule has 1 aliphatic heterocycles. The maximum atomic E-state index is 12.8. The fraction of sp³-hybridized carbons (Fsp3) is 0.250. The molecule has 1 atom stereocenters. The van der Waals surface area contributed by atoms with Crippen molar-refractivity contribution in [1.29, 1.82) is 0 Å². The predicted molar refractivity (Wildman–Crippen MR) is 104 cm³/mol. The zero-order valence-electron chi connectivity index (χ0n) is 14.4. The summed E-state index contributed by atoms with van der Waals surface area (Å²) < 4.78 is 5.49. The molecule has 138 valence electrons. The molecule has 0 radical (unpaired) electrons. The number of aromatic nitrogens is 2. The number of hydrogen-bond acceptors (Lipinski definition) is 4. The lowest BCUT2D eigenvalue weighted by Crippen LogP contribution is -2.39. The van der Waals surface area contributed by atoms with E-state index in [9.17, 15) is 4.79 Å². The number of halogens is 2.